The van der Waals surface area contributed by atoms with Gasteiger partial charge in [0.25, 0.3) is 0 Å². The van der Waals surface area contributed by atoms with Crippen LogP contribution in [0.15, 0.2) is 5.38 Å². The lowest BCUT2D eigenvalue weighted by molar-refractivity contribution is 0.365. The summed E-state index contributed by atoms with van der Waals surface area (Å²) in [6.45, 7) is 9.82. The quantitative estimate of drug-likeness (QED) is 0.806. The molecule has 0 aliphatic rings. The molecule has 0 amide bonds. The molecule has 2 unspecified atom stereocenters. The fourth-order valence-corrected chi connectivity index (χ4v) is 2.56. The van der Waals surface area contributed by atoms with Crippen LogP contribution in [0, 0.1) is 12.8 Å². The van der Waals surface area contributed by atoms with Crippen molar-refractivity contribution >= 4 is 11.3 Å². The second-order valence-electron chi connectivity index (χ2n) is 4.08. The minimum absolute atomic E-state index is 0.585. The first-order chi connectivity index (χ1) is 7.17. The van der Waals surface area contributed by atoms with E-state index in [4.69, 9.17) is 0 Å². The molecular formula is C12H22N2S. The molecule has 1 aromatic heterocycles. The highest BCUT2D eigenvalue weighted by molar-refractivity contribution is 7.09. The van der Waals surface area contributed by atoms with Crippen LogP contribution in [0.3, 0.4) is 0 Å². The molecule has 0 radical (unpaired) electrons. The van der Waals surface area contributed by atoms with Crippen LogP contribution in [0.4, 0.5) is 0 Å². The number of nitrogens with one attached hydrogen (secondary N) is 1. The van der Waals surface area contributed by atoms with Gasteiger partial charge in [0.05, 0.1) is 10.7 Å². The van der Waals surface area contributed by atoms with Crippen molar-refractivity contribution in [3.05, 3.63) is 16.1 Å². The van der Waals surface area contributed by atoms with Gasteiger partial charge >= 0.3 is 0 Å². The number of hydrogen-bond acceptors (Lipinski definition) is 3. The molecule has 0 spiro atoms. The van der Waals surface area contributed by atoms with Crippen LogP contribution >= 0.6 is 11.3 Å². The maximum absolute atomic E-state index is 4.53. The Morgan fingerprint density at radius 1 is 1.47 bits per heavy atom. The molecule has 1 aromatic rings. The fraction of sp³-hybridized carbons (Fsp3) is 0.750. The van der Waals surface area contributed by atoms with Gasteiger partial charge in [-0.15, -0.1) is 11.3 Å². The van der Waals surface area contributed by atoms with Gasteiger partial charge in [0.2, 0.25) is 0 Å². The van der Waals surface area contributed by atoms with E-state index >= 15 is 0 Å². The second-order valence-corrected chi connectivity index (χ2v) is 5.14. The van der Waals surface area contributed by atoms with E-state index < -0.39 is 0 Å². The standard InChI is InChI=1S/C12H22N2S/c1-5-11(9(3)13-6-2)7-12-8-15-10(4)14-12/h8-9,11,13H,5-7H2,1-4H3. The number of aryl methyl sites for hydroxylation is 1. The van der Waals surface area contributed by atoms with E-state index in [1.54, 1.807) is 11.3 Å². The molecule has 0 saturated carbocycles. The molecule has 0 saturated heterocycles. The van der Waals surface area contributed by atoms with E-state index in [1.165, 1.54) is 17.1 Å². The third-order valence-electron chi connectivity index (χ3n) is 2.90. The number of rotatable bonds is 6. The van der Waals surface area contributed by atoms with Crippen molar-refractivity contribution in [2.75, 3.05) is 6.54 Å². The molecular weight excluding hydrogens is 204 g/mol. The third kappa shape index (κ3) is 3.92. The van der Waals surface area contributed by atoms with Crippen molar-refractivity contribution < 1.29 is 0 Å². The van der Waals surface area contributed by atoms with E-state index in [1.807, 2.05) is 0 Å². The topological polar surface area (TPSA) is 24.9 Å². The molecule has 1 heterocycles. The summed E-state index contributed by atoms with van der Waals surface area (Å²) in [4.78, 5) is 4.53. The lowest BCUT2D eigenvalue weighted by atomic mass is 9.93. The second kappa shape index (κ2) is 6.23. The Kier molecular flexibility index (Phi) is 5.26. The summed E-state index contributed by atoms with van der Waals surface area (Å²) in [5.41, 5.74) is 1.26. The Hall–Kier alpha value is -0.410. The number of nitrogens with zero attached hydrogens (tertiary/aromatic N) is 1. The molecule has 2 nitrogen and oxygen atoms in total. The first-order valence-corrected chi connectivity index (χ1v) is 6.69. The van der Waals surface area contributed by atoms with E-state index in [-0.39, 0.29) is 0 Å². The molecule has 0 bridgehead atoms. The van der Waals surface area contributed by atoms with Gasteiger partial charge in [-0.2, -0.15) is 0 Å². The zero-order valence-corrected chi connectivity index (χ0v) is 11.0. The molecule has 0 aromatic carbocycles. The predicted molar refractivity (Wildman–Crippen MR) is 67.5 cm³/mol. The van der Waals surface area contributed by atoms with Crippen LogP contribution in [-0.2, 0) is 6.42 Å². The van der Waals surface area contributed by atoms with Gasteiger partial charge in [-0.05, 0) is 32.7 Å². The Morgan fingerprint density at radius 2 is 2.20 bits per heavy atom. The smallest absolute Gasteiger partial charge is 0.0897 e. The summed E-state index contributed by atoms with van der Waals surface area (Å²) in [6.07, 6.45) is 2.32. The van der Waals surface area contributed by atoms with Crippen LogP contribution in [0.25, 0.3) is 0 Å². The van der Waals surface area contributed by atoms with E-state index in [0.29, 0.717) is 12.0 Å². The molecule has 0 aliphatic carbocycles. The summed E-state index contributed by atoms with van der Waals surface area (Å²) >= 11 is 1.75. The fourth-order valence-electron chi connectivity index (χ4n) is 1.93. The van der Waals surface area contributed by atoms with Gasteiger partial charge in [-0.3, -0.25) is 0 Å². The lowest BCUT2D eigenvalue weighted by Crippen LogP contribution is -2.34. The lowest BCUT2D eigenvalue weighted by Gasteiger charge is -2.22. The molecule has 86 valence electrons. The summed E-state index contributed by atoms with van der Waals surface area (Å²) in [7, 11) is 0. The first kappa shape index (κ1) is 12.7. The van der Waals surface area contributed by atoms with Crippen molar-refractivity contribution in [3.8, 4) is 0 Å². The van der Waals surface area contributed by atoms with E-state index in [2.05, 4.69) is 43.4 Å². The van der Waals surface area contributed by atoms with Crippen molar-refractivity contribution in [3.63, 3.8) is 0 Å². The van der Waals surface area contributed by atoms with Gasteiger partial charge in [-0.25, -0.2) is 4.98 Å². The Balaban J connectivity index is 2.53. The molecule has 2 atom stereocenters. The highest BCUT2D eigenvalue weighted by atomic mass is 32.1. The average Bonchev–Trinajstić information content (AvgIpc) is 2.61. The number of thiazole rings is 1. The number of hydrogen-bond donors (Lipinski definition) is 1. The van der Waals surface area contributed by atoms with Crippen molar-refractivity contribution in [2.24, 2.45) is 5.92 Å². The molecule has 1 rings (SSSR count). The highest BCUT2D eigenvalue weighted by Crippen LogP contribution is 2.17. The van der Waals surface area contributed by atoms with Crippen molar-refractivity contribution in [2.45, 2.75) is 46.6 Å². The summed E-state index contributed by atoms with van der Waals surface area (Å²) in [5, 5.41) is 6.87. The van der Waals surface area contributed by atoms with Gasteiger partial charge in [-0.1, -0.05) is 20.3 Å². The maximum Gasteiger partial charge on any atom is 0.0897 e. The van der Waals surface area contributed by atoms with E-state index in [9.17, 15) is 0 Å². The van der Waals surface area contributed by atoms with Crippen LogP contribution in [0.5, 0.6) is 0 Å². The Bertz CT molecular complexity index is 283. The van der Waals surface area contributed by atoms with E-state index in [0.717, 1.165) is 13.0 Å². The Labute approximate surface area is 97.1 Å². The van der Waals surface area contributed by atoms with Crippen molar-refractivity contribution in [1.82, 2.24) is 10.3 Å². The molecule has 0 fully saturated rings. The van der Waals surface area contributed by atoms with Crippen LogP contribution < -0.4 is 5.32 Å². The maximum atomic E-state index is 4.53. The summed E-state index contributed by atoms with van der Waals surface area (Å²) < 4.78 is 0. The Morgan fingerprint density at radius 3 is 2.67 bits per heavy atom. The van der Waals surface area contributed by atoms with Crippen LogP contribution in [-0.4, -0.2) is 17.6 Å². The van der Waals surface area contributed by atoms with Gasteiger partial charge in [0.15, 0.2) is 0 Å². The molecule has 1 N–H and O–H groups in total. The zero-order valence-electron chi connectivity index (χ0n) is 10.2. The third-order valence-corrected chi connectivity index (χ3v) is 3.72. The van der Waals surface area contributed by atoms with Gasteiger partial charge in [0.1, 0.15) is 0 Å². The molecule has 0 aliphatic heterocycles. The predicted octanol–water partition coefficient (Wildman–Crippen LogP) is 3.02. The van der Waals surface area contributed by atoms with Gasteiger partial charge in [0, 0.05) is 11.4 Å². The summed E-state index contributed by atoms with van der Waals surface area (Å²) in [6, 6.07) is 0.585. The molecule has 3 heteroatoms. The van der Waals surface area contributed by atoms with Crippen LogP contribution in [0.1, 0.15) is 37.9 Å². The largest absolute Gasteiger partial charge is 0.314 e. The summed E-state index contributed by atoms with van der Waals surface area (Å²) in [5.74, 6) is 0.700. The normalized spacial score (nSPS) is 15.2. The average molecular weight is 226 g/mol. The molecule has 15 heavy (non-hydrogen) atoms. The SMILES string of the molecule is CCNC(C)C(CC)Cc1csc(C)n1. The van der Waals surface area contributed by atoms with Crippen molar-refractivity contribution in [1.29, 1.82) is 0 Å². The van der Waals surface area contributed by atoms with Gasteiger partial charge < -0.3 is 5.32 Å². The first-order valence-electron chi connectivity index (χ1n) is 5.81. The zero-order chi connectivity index (χ0) is 11.3. The van der Waals surface area contributed by atoms with Crippen LogP contribution in [0.2, 0.25) is 0 Å². The minimum atomic E-state index is 0.585. The number of aromatic nitrogens is 1. The highest BCUT2D eigenvalue weighted by Gasteiger charge is 2.16. The minimum Gasteiger partial charge on any atom is -0.314 e. The monoisotopic (exact) mass is 226 g/mol.